The molecule has 0 bridgehead atoms. The summed E-state index contributed by atoms with van der Waals surface area (Å²) in [7, 11) is 0. The third-order valence-electron chi connectivity index (χ3n) is 7.07. The number of hydrogen-bond acceptors (Lipinski definition) is 6. The number of rotatable bonds is 20. The van der Waals surface area contributed by atoms with Crippen molar-refractivity contribution in [2.75, 3.05) is 32.9 Å². The van der Waals surface area contributed by atoms with Gasteiger partial charge in [0.05, 0.1) is 24.3 Å². The average molecular weight is 576 g/mol. The van der Waals surface area contributed by atoms with Gasteiger partial charge in [0.2, 0.25) is 0 Å². The number of nitrogens with zero attached hydrogens (tertiary/aromatic N) is 1. The molecule has 42 heavy (non-hydrogen) atoms. The lowest BCUT2D eigenvalue weighted by atomic mass is 10.1. The zero-order valence-electron chi connectivity index (χ0n) is 25.1. The number of esters is 1. The van der Waals surface area contributed by atoms with Crippen LogP contribution < -0.4 is 9.47 Å². The van der Waals surface area contributed by atoms with Crippen LogP contribution in [0.4, 0.5) is 0 Å². The van der Waals surface area contributed by atoms with Crippen LogP contribution in [0, 0.1) is 0 Å². The number of aromatic carboxylic acids is 1. The van der Waals surface area contributed by atoms with Gasteiger partial charge in [-0.2, -0.15) is 0 Å². The fourth-order valence-corrected chi connectivity index (χ4v) is 4.67. The lowest BCUT2D eigenvalue weighted by Crippen LogP contribution is -2.30. The molecule has 0 spiro atoms. The van der Waals surface area contributed by atoms with Crippen molar-refractivity contribution < 1.29 is 28.9 Å². The maximum absolute atomic E-state index is 11.9. The number of hydrogen-bond donors (Lipinski definition) is 1. The van der Waals surface area contributed by atoms with Crippen LogP contribution in [0.2, 0.25) is 0 Å². The van der Waals surface area contributed by atoms with E-state index in [1.54, 1.807) is 43.3 Å². The molecule has 0 saturated carbocycles. The highest BCUT2D eigenvalue weighted by molar-refractivity contribution is 5.89. The Kier molecular flexibility index (Phi) is 14.4. The van der Waals surface area contributed by atoms with E-state index in [-0.39, 0.29) is 11.5 Å². The fourth-order valence-electron chi connectivity index (χ4n) is 4.67. The normalized spacial score (nSPS) is 10.9. The van der Waals surface area contributed by atoms with Crippen LogP contribution in [0.5, 0.6) is 11.5 Å². The molecular formula is C35H45NO6. The van der Waals surface area contributed by atoms with Crippen LogP contribution >= 0.6 is 0 Å². The minimum atomic E-state index is -0.932. The van der Waals surface area contributed by atoms with Crippen LogP contribution in [0.25, 0.3) is 0 Å². The third-order valence-corrected chi connectivity index (χ3v) is 7.07. The van der Waals surface area contributed by atoms with E-state index in [4.69, 9.17) is 14.2 Å². The van der Waals surface area contributed by atoms with Crippen molar-refractivity contribution in [1.29, 1.82) is 0 Å². The lowest BCUT2D eigenvalue weighted by Gasteiger charge is -2.23. The number of benzene rings is 3. The van der Waals surface area contributed by atoms with E-state index in [0.717, 1.165) is 37.3 Å². The maximum atomic E-state index is 11.9. The molecule has 7 heteroatoms. The molecule has 3 aromatic rings. The highest BCUT2D eigenvalue weighted by atomic mass is 16.5. The molecule has 0 aliphatic heterocycles. The molecule has 0 aliphatic rings. The average Bonchev–Trinajstić information content (AvgIpc) is 3.00. The van der Waals surface area contributed by atoms with Crippen molar-refractivity contribution in [3.05, 3.63) is 95.1 Å². The summed E-state index contributed by atoms with van der Waals surface area (Å²) in [6.07, 6.45) is 8.19. The first-order valence-electron chi connectivity index (χ1n) is 15.2. The molecule has 0 radical (unpaired) electrons. The van der Waals surface area contributed by atoms with E-state index in [1.165, 1.54) is 37.7 Å². The van der Waals surface area contributed by atoms with E-state index in [0.29, 0.717) is 37.6 Å². The number of carbonyl (C=O) groups is 2. The van der Waals surface area contributed by atoms with Crippen LogP contribution in [-0.4, -0.2) is 54.9 Å². The molecule has 0 heterocycles. The zero-order chi connectivity index (χ0) is 30.0. The number of carbonyl (C=O) groups excluding carboxylic acids is 1. The maximum Gasteiger partial charge on any atom is 0.338 e. The Hall–Kier alpha value is -3.84. The van der Waals surface area contributed by atoms with Gasteiger partial charge in [0, 0.05) is 19.6 Å². The predicted octanol–water partition coefficient (Wildman–Crippen LogP) is 7.42. The van der Waals surface area contributed by atoms with Gasteiger partial charge < -0.3 is 19.3 Å². The minimum Gasteiger partial charge on any atom is -0.493 e. The Morgan fingerprint density at radius 3 is 2.14 bits per heavy atom. The summed E-state index contributed by atoms with van der Waals surface area (Å²) in [5, 5.41) is 9.25. The molecule has 0 unspecified atom stereocenters. The smallest absolute Gasteiger partial charge is 0.338 e. The first kappa shape index (κ1) is 32.7. The van der Waals surface area contributed by atoms with E-state index in [1.807, 2.05) is 30.3 Å². The second-order valence-electron chi connectivity index (χ2n) is 10.3. The predicted molar refractivity (Wildman–Crippen MR) is 166 cm³/mol. The standard InChI is InChI=1S/C35H45NO6/c1-3-5-6-7-8-11-25-42-33-13-10-9-12-29(33)22-23-36(27-28-14-16-30(17-15-28)34(37)38)24-26-41-32-20-18-31(19-21-32)35(39)40-4-2/h9-10,12-21H,3-8,11,22-27H2,1-2H3,(H,37,38). The summed E-state index contributed by atoms with van der Waals surface area (Å²) in [5.41, 5.74) is 2.97. The first-order valence-corrected chi connectivity index (χ1v) is 15.2. The summed E-state index contributed by atoms with van der Waals surface area (Å²) >= 11 is 0. The van der Waals surface area contributed by atoms with E-state index < -0.39 is 5.97 Å². The summed E-state index contributed by atoms with van der Waals surface area (Å²) in [6, 6.07) is 22.2. The molecule has 0 saturated heterocycles. The molecule has 3 rings (SSSR count). The van der Waals surface area contributed by atoms with Crippen molar-refractivity contribution in [3.63, 3.8) is 0 Å². The quantitative estimate of drug-likeness (QED) is 0.111. The molecule has 226 valence electrons. The summed E-state index contributed by atoms with van der Waals surface area (Å²) in [4.78, 5) is 25.5. The number of unbranched alkanes of at least 4 members (excludes halogenated alkanes) is 5. The van der Waals surface area contributed by atoms with Crippen molar-refractivity contribution in [2.45, 2.75) is 65.3 Å². The van der Waals surface area contributed by atoms with Gasteiger partial charge in [-0.15, -0.1) is 0 Å². The Labute approximate surface area is 250 Å². The molecule has 0 aliphatic carbocycles. The summed E-state index contributed by atoms with van der Waals surface area (Å²) < 4.78 is 17.2. The SMILES string of the molecule is CCCCCCCCOc1ccccc1CCN(CCOc1ccc(C(=O)OCC)cc1)Cc1ccc(C(=O)O)cc1. The Morgan fingerprint density at radius 2 is 1.43 bits per heavy atom. The van der Waals surface area contributed by atoms with Crippen molar-refractivity contribution in [1.82, 2.24) is 4.90 Å². The molecule has 0 aromatic heterocycles. The number of carboxylic acid groups (broad SMARTS) is 1. The zero-order valence-corrected chi connectivity index (χ0v) is 25.1. The van der Waals surface area contributed by atoms with Crippen molar-refractivity contribution in [3.8, 4) is 11.5 Å². The van der Waals surface area contributed by atoms with Gasteiger partial charge in [0.15, 0.2) is 0 Å². The van der Waals surface area contributed by atoms with E-state index >= 15 is 0 Å². The number of para-hydroxylation sites is 1. The summed E-state index contributed by atoms with van der Waals surface area (Å²) in [5.74, 6) is 0.343. The summed E-state index contributed by atoms with van der Waals surface area (Å²) in [6.45, 7) is 7.64. The van der Waals surface area contributed by atoms with Crippen LogP contribution in [0.3, 0.4) is 0 Å². The van der Waals surface area contributed by atoms with Gasteiger partial charge in [-0.05, 0) is 73.4 Å². The van der Waals surface area contributed by atoms with Gasteiger partial charge in [0.1, 0.15) is 18.1 Å². The van der Waals surface area contributed by atoms with Crippen LogP contribution in [0.15, 0.2) is 72.8 Å². The lowest BCUT2D eigenvalue weighted by molar-refractivity contribution is 0.0525. The Morgan fingerprint density at radius 1 is 0.738 bits per heavy atom. The second-order valence-corrected chi connectivity index (χ2v) is 10.3. The van der Waals surface area contributed by atoms with E-state index in [9.17, 15) is 14.7 Å². The van der Waals surface area contributed by atoms with E-state index in [2.05, 4.69) is 17.9 Å². The highest BCUT2D eigenvalue weighted by Crippen LogP contribution is 2.20. The van der Waals surface area contributed by atoms with Crippen molar-refractivity contribution in [2.24, 2.45) is 0 Å². The van der Waals surface area contributed by atoms with Gasteiger partial charge in [-0.1, -0.05) is 69.4 Å². The van der Waals surface area contributed by atoms with Crippen molar-refractivity contribution >= 4 is 11.9 Å². The minimum absolute atomic E-state index is 0.274. The molecule has 3 aromatic carbocycles. The van der Waals surface area contributed by atoms with Gasteiger partial charge in [0.25, 0.3) is 0 Å². The van der Waals surface area contributed by atoms with Gasteiger partial charge in [-0.25, -0.2) is 9.59 Å². The number of ether oxygens (including phenoxy) is 3. The first-order chi connectivity index (χ1) is 20.5. The van der Waals surface area contributed by atoms with Gasteiger partial charge in [-0.3, -0.25) is 4.90 Å². The molecule has 0 amide bonds. The molecule has 0 atom stereocenters. The molecule has 1 N–H and O–H groups in total. The molecule has 0 fully saturated rings. The second kappa shape index (κ2) is 18.6. The molecular weight excluding hydrogens is 530 g/mol. The fraction of sp³-hybridized carbons (Fsp3) is 0.429. The third kappa shape index (κ3) is 11.6. The highest BCUT2D eigenvalue weighted by Gasteiger charge is 2.12. The topological polar surface area (TPSA) is 85.3 Å². The number of carboxylic acids is 1. The Bertz CT molecular complexity index is 1210. The van der Waals surface area contributed by atoms with Crippen LogP contribution in [0.1, 0.15) is 84.2 Å². The van der Waals surface area contributed by atoms with Gasteiger partial charge >= 0.3 is 11.9 Å². The largest absolute Gasteiger partial charge is 0.493 e. The van der Waals surface area contributed by atoms with Crippen LogP contribution in [-0.2, 0) is 17.7 Å². The molecule has 7 nitrogen and oxygen atoms in total. The Balaban J connectivity index is 1.58. The monoisotopic (exact) mass is 575 g/mol.